The molecule has 1 aromatic carbocycles. The molecule has 0 spiro atoms. The zero-order valence-electron chi connectivity index (χ0n) is 13.0. The number of amides is 1. The highest BCUT2D eigenvalue weighted by atomic mass is 16.2. The number of anilines is 2. The molecule has 1 aliphatic rings. The average Bonchev–Trinajstić information content (AvgIpc) is 3.00. The minimum Gasteiger partial charge on any atom is -0.341 e. The van der Waals surface area contributed by atoms with Gasteiger partial charge >= 0.3 is 0 Å². The molecule has 0 N–H and O–H groups in total. The fourth-order valence-corrected chi connectivity index (χ4v) is 2.81. The molecule has 0 atom stereocenters. The highest BCUT2D eigenvalue weighted by molar-refractivity contribution is 6.06. The van der Waals surface area contributed by atoms with Crippen molar-refractivity contribution in [2.45, 2.75) is 20.3 Å². The molecule has 1 amide bonds. The Labute approximate surface area is 130 Å². The monoisotopic (exact) mass is 296 g/mol. The van der Waals surface area contributed by atoms with Gasteiger partial charge in [-0.15, -0.1) is 0 Å². The second-order valence-electron chi connectivity index (χ2n) is 5.28. The van der Waals surface area contributed by atoms with Gasteiger partial charge < -0.3 is 9.80 Å². The van der Waals surface area contributed by atoms with Crippen LogP contribution in [0.5, 0.6) is 0 Å². The number of hydrogen-bond donors (Lipinski definition) is 0. The SMILES string of the molecule is CCN(CC)c1ncc(C(=O)N2CCc3ccccc32)cn1. The number of fused-ring (bicyclic) bond motifs is 1. The van der Waals surface area contributed by atoms with Crippen LogP contribution in [-0.2, 0) is 6.42 Å². The lowest BCUT2D eigenvalue weighted by atomic mass is 10.2. The third-order valence-electron chi connectivity index (χ3n) is 4.06. The van der Waals surface area contributed by atoms with Crippen LogP contribution in [0.2, 0.25) is 0 Å². The van der Waals surface area contributed by atoms with Crippen molar-refractivity contribution in [3.8, 4) is 0 Å². The van der Waals surface area contributed by atoms with Crippen molar-refractivity contribution in [3.05, 3.63) is 47.8 Å². The van der Waals surface area contributed by atoms with E-state index in [1.54, 1.807) is 12.4 Å². The van der Waals surface area contributed by atoms with Gasteiger partial charge in [0.15, 0.2) is 0 Å². The van der Waals surface area contributed by atoms with Crippen LogP contribution in [0.15, 0.2) is 36.7 Å². The number of benzene rings is 1. The molecule has 0 bridgehead atoms. The third-order valence-corrected chi connectivity index (χ3v) is 4.06. The fourth-order valence-electron chi connectivity index (χ4n) is 2.81. The van der Waals surface area contributed by atoms with E-state index >= 15 is 0 Å². The Bertz CT molecular complexity index is 665. The highest BCUT2D eigenvalue weighted by Gasteiger charge is 2.25. The molecule has 2 aromatic rings. The Hall–Kier alpha value is -2.43. The number of aromatic nitrogens is 2. The summed E-state index contributed by atoms with van der Waals surface area (Å²) in [4.78, 5) is 25.2. The van der Waals surface area contributed by atoms with E-state index in [2.05, 4.69) is 34.8 Å². The van der Waals surface area contributed by atoms with Crippen molar-refractivity contribution in [3.63, 3.8) is 0 Å². The number of hydrogen-bond acceptors (Lipinski definition) is 4. The molecule has 1 aromatic heterocycles. The van der Waals surface area contributed by atoms with Crippen LogP contribution in [0.25, 0.3) is 0 Å². The lowest BCUT2D eigenvalue weighted by Gasteiger charge is -2.19. The number of para-hydroxylation sites is 1. The van der Waals surface area contributed by atoms with Crippen LogP contribution in [0.1, 0.15) is 29.8 Å². The van der Waals surface area contributed by atoms with Gasteiger partial charge in [0.2, 0.25) is 5.95 Å². The van der Waals surface area contributed by atoms with Gasteiger partial charge in [-0.1, -0.05) is 18.2 Å². The number of carbonyl (C=O) groups is 1. The molecular weight excluding hydrogens is 276 g/mol. The van der Waals surface area contributed by atoms with E-state index in [0.29, 0.717) is 11.5 Å². The maximum Gasteiger partial charge on any atom is 0.261 e. The summed E-state index contributed by atoms with van der Waals surface area (Å²) in [5.74, 6) is 0.638. The van der Waals surface area contributed by atoms with Crippen molar-refractivity contribution in [2.75, 3.05) is 29.4 Å². The Morgan fingerprint density at radius 2 is 1.86 bits per heavy atom. The third kappa shape index (κ3) is 2.54. The normalized spacial score (nSPS) is 13.1. The summed E-state index contributed by atoms with van der Waals surface area (Å²) in [5, 5.41) is 0. The molecule has 3 rings (SSSR count). The highest BCUT2D eigenvalue weighted by Crippen LogP contribution is 2.28. The second kappa shape index (κ2) is 6.13. The molecule has 5 heteroatoms. The molecule has 0 unspecified atom stereocenters. The van der Waals surface area contributed by atoms with Gasteiger partial charge in [0.05, 0.1) is 5.56 Å². The van der Waals surface area contributed by atoms with Crippen molar-refractivity contribution in [1.29, 1.82) is 0 Å². The first-order chi connectivity index (χ1) is 10.7. The van der Waals surface area contributed by atoms with E-state index in [4.69, 9.17) is 0 Å². The number of rotatable bonds is 4. The molecule has 1 aliphatic heterocycles. The molecule has 2 heterocycles. The lowest BCUT2D eigenvalue weighted by Crippen LogP contribution is -2.29. The van der Waals surface area contributed by atoms with Crippen LogP contribution in [0, 0.1) is 0 Å². The van der Waals surface area contributed by atoms with Crippen LogP contribution in [-0.4, -0.2) is 35.5 Å². The van der Waals surface area contributed by atoms with Gasteiger partial charge in [-0.2, -0.15) is 0 Å². The molecule has 0 saturated carbocycles. The molecule has 22 heavy (non-hydrogen) atoms. The maximum atomic E-state index is 12.7. The van der Waals surface area contributed by atoms with E-state index in [9.17, 15) is 4.79 Å². The molecule has 114 valence electrons. The van der Waals surface area contributed by atoms with Crippen molar-refractivity contribution >= 4 is 17.5 Å². The van der Waals surface area contributed by atoms with E-state index in [1.807, 2.05) is 23.1 Å². The van der Waals surface area contributed by atoms with Crippen molar-refractivity contribution < 1.29 is 4.79 Å². The first-order valence-electron chi connectivity index (χ1n) is 7.71. The lowest BCUT2D eigenvalue weighted by molar-refractivity contribution is 0.0988. The van der Waals surface area contributed by atoms with Gasteiger partial charge in [-0.3, -0.25) is 4.79 Å². The largest absolute Gasteiger partial charge is 0.341 e. The molecule has 5 nitrogen and oxygen atoms in total. The predicted octanol–water partition coefficient (Wildman–Crippen LogP) is 2.53. The molecular formula is C17H20N4O. The number of nitrogens with zero attached hydrogens (tertiary/aromatic N) is 4. The van der Waals surface area contributed by atoms with E-state index in [-0.39, 0.29) is 5.91 Å². The van der Waals surface area contributed by atoms with Crippen molar-refractivity contribution in [2.24, 2.45) is 0 Å². The second-order valence-corrected chi connectivity index (χ2v) is 5.28. The van der Waals surface area contributed by atoms with Gasteiger partial charge in [-0.05, 0) is 31.9 Å². The van der Waals surface area contributed by atoms with E-state index in [0.717, 1.165) is 31.7 Å². The zero-order chi connectivity index (χ0) is 15.5. The smallest absolute Gasteiger partial charge is 0.261 e. The topological polar surface area (TPSA) is 49.3 Å². The Morgan fingerprint density at radius 1 is 1.18 bits per heavy atom. The summed E-state index contributed by atoms with van der Waals surface area (Å²) in [5.41, 5.74) is 2.75. The van der Waals surface area contributed by atoms with Crippen LogP contribution >= 0.6 is 0 Å². The first kappa shape index (κ1) is 14.5. The Kier molecular flexibility index (Phi) is 4.04. The van der Waals surface area contributed by atoms with Gasteiger partial charge in [0.1, 0.15) is 0 Å². The average molecular weight is 296 g/mol. The summed E-state index contributed by atoms with van der Waals surface area (Å²) in [7, 11) is 0. The summed E-state index contributed by atoms with van der Waals surface area (Å²) < 4.78 is 0. The minimum absolute atomic E-state index is 0.0314. The maximum absolute atomic E-state index is 12.7. The molecule has 0 aliphatic carbocycles. The van der Waals surface area contributed by atoms with Gasteiger partial charge in [0.25, 0.3) is 5.91 Å². The van der Waals surface area contributed by atoms with Gasteiger partial charge in [-0.25, -0.2) is 9.97 Å². The quantitative estimate of drug-likeness (QED) is 0.870. The van der Waals surface area contributed by atoms with Crippen LogP contribution in [0.4, 0.5) is 11.6 Å². The Balaban J connectivity index is 1.82. The standard InChI is InChI=1S/C17H20N4O/c1-3-20(4-2)17-18-11-14(12-19-17)16(22)21-10-9-13-7-5-6-8-15(13)21/h5-8,11-12H,3-4,9-10H2,1-2H3. The summed E-state index contributed by atoms with van der Waals surface area (Å²) in [6.45, 7) is 6.54. The summed E-state index contributed by atoms with van der Waals surface area (Å²) in [6, 6.07) is 8.03. The van der Waals surface area contributed by atoms with Crippen LogP contribution < -0.4 is 9.80 Å². The van der Waals surface area contributed by atoms with E-state index < -0.39 is 0 Å². The number of carbonyl (C=O) groups excluding carboxylic acids is 1. The summed E-state index contributed by atoms with van der Waals surface area (Å²) >= 11 is 0. The first-order valence-corrected chi connectivity index (χ1v) is 7.71. The molecule has 0 fully saturated rings. The van der Waals surface area contributed by atoms with Gasteiger partial charge in [0, 0.05) is 37.7 Å². The van der Waals surface area contributed by atoms with E-state index in [1.165, 1.54) is 5.56 Å². The summed E-state index contributed by atoms with van der Waals surface area (Å²) in [6.07, 6.45) is 4.16. The predicted molar refractivity (Wildman–Crippen MR) is 87.4 cm³/mol. The fraction of sp³-hybridized carbons (Fsp3) is 0.353. The molecule has 0 radical (unpaired) electrons. The minimum atomic E-state index is -0.0314. The van der Waals surface area contributed by atoms with Crippen molar-refractivity contribution in [1.82, 2.24) is 9.97 Å². The van der Waals surface area contributed by atoms with Crippen LogP contribution in [0.3, 0.4) is 0 Å². The molecule has 0 saturated heterocycles. The zero-order valence-corrected chi connectivity index (χ0v) is 13.0. The Morgan fingerprint density at radius 3 is 2.55 bits per heavy atom.